The van der Waals surface area contributed by atoms with Crippen molar-refractivity contribution in [2.75, 3.05) is 7.05 Å². The van der Waals surface area contributed by atoms with E-state index in [0.717, 1.165) is 5.69 Å². The lowest BCUT2D eigenvalue weighted by atomic mass is 9.93. The molecule has 1 aromatic rings. The number of rotatable bonds is 3. The van der Waals surface area contributed by atoms with Gasteiger partial charge in [0.15, 0.2) is 0 Å². The van der Waals surface area contributed by atoms with Gasteiger partial charge in [-0.3, -0.25) is 0 Å². The maximum Gasteiger partial charge on any atom is 0.104 e. The Morgan fingerprint density at radius 2 is 2.12 bits per heavy atom. The fraction of sp³-hybridized carbons (Fsp3) is 0.692. The molecular weight excluding hydrogens is 212 g/mol. The Labute approximate surface area is 103 Å². The van der Waals surface area contributed by atoms with Gasteiger partial charge < -0.3 is 5.32 Å². The van der Waals surface area contributed by atoms with Crippen LogP contribution in [0, 0.1) is 0 Å². The summed E-state index contributed by atoms with van der Waals surface area (Å²) >= 11 is 0. The second-order valence-electron chi connectivity index (χ2n) is 4.71. The molecule has 0 amide bonds. The fourth-order valence-corrected chi connectivity index (χ4v) is 2.50. The number of hydrogen-bond donors (Lipinski definition) is 1. The smallest absolute Gasteiger partial charge is 0.104 e. The zero-order valence-electron chi connectivity index (χ0n) is 10.8. The molecule has 0 radical (unpaired) electrons. The Morgan fingerprint density at radius 1 is 1.29 bits per heavy atom. The first kappa shape index (κ1) is 12.3. The van der Waals surface area contributed by atoms with Gasteiger partial charge in [-0.1, -0.05) is 24.5 Å². The topological polar surface area (TPSA) is 42.7 Å². The Balaban J connectivity index is 2.16. The van der Waals surface area contributed by atoms with Gasteiger partial charge in [0.05, 0.1) is 12.2 Å². The van der Waals surface area contributed by atoms with Gasteiger partial charge in [-0.15, -0.1) is 0 Å². The quantitative estimate of drug-likeness (QED) is 0.816. The van der Waals surface area contributed by atoms with E-state index in [1.165, 1.54) is 44.1 Å². The van der Waals surface area contributed by atoms with Crippen LogP contribution in [0.3, 0.4) is 0 Å². The van der Waals surface area contributed by atoms with Crippen LogP contribution in [0.5, 0.6) is 0 Å². The second kappa shape index (κ2) is 5.96. The van der Waals surface area contributed by atoms with Crippen molar-refractivity contribution in [2.24, 2.45) is 7.05 Å². The van der Waals surface area contributed by atoms with Crippen molar-refractivity contribution in [1.82, 2.24) is 20.3 Å². The summed E-state index contributed by atoms with van der Waals surface area (Å²) in [5.74, 6) is 0. The zero-order chi connectivity index (χ0) is 12.1. The van der Waals surface area contributed by atoms with Crippen LogP contribution in [0.15, 0.2) is 17.8 Å². The molecular formula is C13H22N4. The number of nitrogens with one attached hydrogen (secondary N) is 1. The van der Waals surface area contributed by atoms with Crippen molar-refractivity contribution in [3.8, 4) is 0 Å². The summed E-state index contributed by atoms with van der Waals surface area (Å²) in [5, 5.41) is 11.9. The predicted molar refractivity (Wildman–Crippen MR) is 68.6 cm³/mol. The molecule has 0 aromatic carbocycles. The van der Waals surface area contributed by atoms with Crippen molar-refractivity contribution < 1.29 is 0 Å². The lowest BCUT2D eigenvalue weighted by molar-refractivity contribution is 0.557. The Bertz CT molecular complexity index is 381. The van der Waals surface area contributed by atoms with Crippen LogP contribution in [0.1, 0.15) is 50.3 Å². The highest BCUT2D eigenvalue weighted by Gasteiger charge is 2.18. The number of aryl methyl sites for hydroxylation is 1. The maximum atomic E-state index is 4.41. The fourth-order valence-electron chi connectivity index (χ4n) is 2.50. The summed E-state index contributed by atoms with van der Waals surface area (Å²) in [7, 11) is 3.86. The molecule has 4 heteroatoms. The molecule has 0 saturated heterocycles. The number of allylic oxidation sites excluding steroid dienone is 1. The molecule has 0 fully saturated rings. The van der Waals surface area contributed by atoms with E-state index >= 15 is 0 Å². The van der Waals surface area contributed by atoms with Crippen LogP contribution in [-0.4, -0.2) is 22.0 Å². The van der Waals surface area contributed by atoms with E-state index in [9.17, 15) is 0 Å². The van der Waals surface area contributed by atoms with E-state index in [2.05, 4.69) is 21.6 Å². The van der Waals surface area contributed by atoms with Gasteiger partial charge in [0.1, 0.15) is 5.69 Å². The molecule has 0 bridgehead atoms. The van der Waals surface area contributed by atoms with E-state index in [4.69, 9.17) is 0 Å². The van der Waals surface area contributed by atoms with E-state index < -0.39 is 0 Å². The monoisotopic (exact) mass is 234 g/mol. The van der Waals surface area contributed by atoms with Crippen LogP contribution < -0.4 is 5.32 Å². The van der Waals surface area contributed by atoms with Gasteiger partial charge in [-0.25, -0.2) is 0 Å². The third kappa shape index (κ3) is 3.16. The summed E-state index contributed by atoms with van der Waals surface area (Å²) < 4.78 is 0. The molecule has 94 valence electrons. The van der Waals surface area contributed by atoms with Crippen molar-refractivity contribution in [3.05, 3.63) is 23.5 Å². The minimum absolute atomic E-state index is 0.238. The molecule has 2 rings (SSSR count). The van der Waals surface area contributed by atoms with Gasteiger partial charge in [0.25, 0.3) is 0 Å². The number of likely N-dealkylation sites (N-methyl/N-ethyl adjacent to an activating group) is 1. The second-order valence-corrected chi connectivity index (χ2v) is 4.71. The third-order valence-corrected chi connectivity index (χ3v) is 3.40. The minimum atomic E-state index is 0.238. The molecule has 17 heavy (non-hydrogen) atoms. The van der Waals surface area contributed by atoms with Crippen LogP contribution in [0.25, 0.3) is 0 Å². The lowest BCUT2D eigenvalue weighted by Gasteiger charge is -2.19. The maximum absolute atomic E-state index is 4.41. The average Bonchev–Trinajstić information content (AvgIpc) is 2.68. The van der Waals surface area contributed by atoms with Gasteiger partial charge in [0.2, 0.25) is 0 Å². The van der Waals surface area contributed by atoms with Gasteiger partial charge in [-0.05, 0) is 32.7 Å². The molecule has 1 atom stereocenters. The Kier molecular flexibility index (Phi) is 4.31. The number of nitrogens with zero attached hydrogens (tertiary/aromatic N) is 3. The first-order valence-corrected chi connectivity index (χ1v) is 6.53. The summed E-state index contributed by atoms with van der Waals surface area (Å²) in [6, 6.07) is 0.238. The number of hydrogen-bond acceptors (Lipinski definition) is 3. The molecule has 0 spiro atoms. The molecule has 1 unspecified atom stereocenters. The predicted octanol–water partition coefficient (Wildman–Crippen LogP) is 2.36. The minimum Gasteiger partial charge on any atom is -0.308 e. The first-order valence-electron chi connectivity index (χ1n) is 6.53. The van der Waals surface area contributed by atoms with Crippen molar-refractivity contribution in [1.29, 1.82) is 0 Å². The summed E-state index contributed by atoms with van der Waals surface area (Å²) in [6.45, 7) is 0. The summed E-state index contributed by atoms with van der Waals surface area (Å²) in [4.78, 5) is 1.63. The lowest BCUT2D eigenvalue weighted by Crippen LogP contribution is -2.20. The third-order valence-electron chi connectivity index (χ3n) is 3.40. The van der Waals surface area contributed by atoms with Crippen molar-refractivity contribution in [3.63, 3.8) is 0 Å². The standard InChI is InChI=1S/C13H22N4/c1-14-13(12-10-15-17(2)16-12)11-8-6-4-3-5-7-9-11/h8,10,13-14H,3-7,9H2,1-2H3. The summed E-state index contributed by atoms with van der Waals surface area (Å²) in [6.07, 6.45) is 12.0. The van der Waals surface area contributed by atoms with Gasteiger partial charge in [-0.2, -0.15) is 15.0 Å². The van der Waals surface area contributed by atoms with E-state index in [1.54, 1.807) is 4.80 Å². The number of aromatic nitrogens is 3. The zero-order valence-corrected chi connectivity index (χ0v) is 10.8. The van der Waals surface area contributed by atoms with Crippen molar-refractivity contribution in [2.45, 2.75) is 44.6 Å². The van der Waals surface area contributed by atoms with Crippen LogP contribution in [0.4, 0.5) is 0 Å². The normalized spacial score (nSPS) is 19.3. The Morgan fingerprint density at radius 3 is 2.82 bits per heavy atom. The van der Waals surface area contributed by atoms with E-state index in [1.807, 2.05) is 20.3 Å². The van der Waals surface area contributed by atoms with Gasteiger partial charge >= 0.3 is 0 Å². The van der Waals surface area contributed by atoms with E-state index in [-0.39, 0.29) is 6.04 Å². The van der Waals surface area contributed by atoms with E-state index in [0.29, 0.717) is 0 Å². The highest BCUT2D eigenvalue weighted by atomic mass is 15.4. The van der Waals surface area contributed by atoms with Crippen LogP contribution in [0.2, 0.25) is 0 Å². The average molecular weight is 234 g/mol. The molecule has 4 nitrogen and oxygen atoms in total. The highest BCUT2D eigenvalue weighted by molar-refractivity contribution is 5.20. The van der Waals surface area contributed by atoms with Crippen molar-refractivity contribution >= 4 is 0 Å². The molecule has 1 N–H and O–H groups in total. The van der Waals surface area contributed by atoms with Crippen LogP contribution >= 0.6 is 0 Å². The SMILES string of the molecule is CNC(C1=CCCCCCC1)c1cnn(C)n1. The molecule has 0 aliphatic heterocycles. The van der Waals surface area contributed by atoms with Crippen LogP contribution in [-0.2, 0) is 7.05 Å². The largest absolute Gasteiger partial charge is 0.308 e. The summed E-state index contributed by atoms with van der Waals surface area (Å²) in [5.41, 5.74) is 2.51. The molecule has 1 heterocycles. The first-order chi connectivity index (χ1) is 8.31. The molecule has 0 saturated carbocycles. The van der Waals surface area contributed by atoms with Gasteiger partial charge in [0, 0.05) is 7.05 Å². The highest BCUT2D eigenvalue weighted by Crippen LogP contribution is 2.27. The molecule has 1 aliphatic rings. The molecule has 1 aliphatic carbocycles. The molecule has 1 aromatic heterocycles. The Hall–Kier alpha value is -1.16.